The van der Waals surface area contributed by atoms with Gasteiger partial charge < -0.3 is 8.98 Å². The SMILES string of the molecule is c1ccc(C2c3ccccc3-c3cc(-c4ccc5c(c4)c4cc6c(cc4n5-c4ccccc4)c4ccccc4oc4ccccc4c4ccccc46)ccc32)cc1. The van der Waals surface area contributed by atoms with E-state index in [1.165, 1.54) is 66.0 Å². The highest BCUT2D eigenvalue weighted by Gasteiger charge is 2.30. The number of fused-ring (bicyclic) bond motifs is 13. The minimum Gasteiger partial charge on any atom is -0.456 e. The summed E-state index contributed by atoms with van der Waals surface area (Å²) < 4.78 is 9.23. The number of para-hydroxylation sites is 3. The van der Waals surface area contributed by atoms with Crippen molar-refractivity contribution in [2.24, 2.45) is 0 Å². The summed E-state index contributed by atoms with van der Waals surface area (Å²) in [5, 5.41) is 9.25. The monoisotopic (exact) mass is 725 g/mol. The molecule has 1 atom stereocenters. The van der Waals surface area contributed by atoms with Crippen molar-refractivity contribution < 1.29 is 4.42 Å². The van der Waals surface area contributed by atoms with Gasteiger partial charge in [0.1, 0.15) is 11.2 Å². The summed E-state index contributed by atoms with van der Waals surface area (Å²) in [6.45, 7) is 0. The minimum atomic E-state index is 0.229. The van der Waals surface area contributed by atoms with Crippen molar-refractivity contribution >= 4 is 65.3 Å². The first kappa shape index (κ1) is 31.9. The molecule has 0 N–H and O–H groups in total. The number of aromatic nitrogens is 1. The topological polar surface area (TPSA) is 18.1 Å². The van der Waals surface area contributed by atoms with E-state index in [1.807, 2.05) is 0 Å². The van der Waals surface area contributed by atoms with E-state index in [0.29, 0.717) is 0 Å². The van der Waals surface area contributed by atoms with Gasteiger partial charge in [-0.1, -0.05) is 152 Å². The van der Waals surface area contributed by atoms with Gasteiger partial charge in [0, 0.05) is 33.2 Å². The molecule has 0 saturated carbocycles. The number of rotatable bonds is 3. The van der Waals surface area contributed by atoms with Crippen molar-refractivity contribution in [3.05, 3.63) is 223 Å². The number of hydrogen-bond donors (Lipinski definition) is 0. The Balaban J connectivity index is 1.17. The standard InChI is InChI=1S/C55H35NO/c1-3-15-35(16-4-1)55-44-24-10-9-21-41(44)46-31-36(27-29-45(46)55)37-28-30-51-49(32-37)50-33-47-40-20-8-7-19-39(40)42-22-11-13-25-53(42)57-54-26-14-12-23-43(54)48(47)34-52(50)56(51)38-17-5-2-6-18-38/h1-34,55H. The molecule has 0 radical (unpaired) electrons. The Bertz CT molecular complexity index is 3460. The summed E-state index contributed by atoms with van der Waals surface area (Å²) in [6, 6.07) is 75.2. The number of nitrogens with zero attached hydrogens (tertiary/aromatic N) is 1. The van der Waals surface area contributed by atoms with E-state index in [9.17, 15) is 0 Å². The van der Waals surface area contributed by atoms with Crippen molar-refractivity contribution in [1.29, 1.82) is 0 Å². The second kappa shape index (κ2) is 12.6. The molecule has 2 nitrogen and oxygen atoms in total. The second-order valence-electron chi connectivity index (χ2n) is 15.2. The molecule has 2 heteroatoms. The maximum atomic E-state index is 6.81. The van der Waals surface area contributed by atoms with Gasteiger partial charge in [0.25, 0.3) is 0 Å². The third kappa shape index (κ3) is 4.91. The zero-order valence-corrected chi connectivity index (χ0v) is 31.1. The quantitative estimate of drug-likeness (QED) is 0.177. The molecule has 2 heterocycles. The Hall–Kier alpha value is -7.42. The lowest BCUT2D eigenvalue weighted by atomic mass is 9.89. The largest absolute Gasteiger partial charge is 0.456 e. The van der Waals surface area contributed by atoms with Crippen LogP contribution in [-0.4, -0.2) is 4.57 Å². The Morgan fingerprint density at radius 1 is 0.333 bits per heavy atom. The highest BCUT2D eigenvalue weighted by molar-refractivity contribution is 6.24. The highest BCUT2D eigenvalue weighted by Crippen LogP contribution is 2.49. The van der Waals surface area contributed by atoms with Gasteiger partial charge in [-0.05, 0) is 115 Å². The van der Waals surface area contributed by atoms with Gasteiger partial charge in [0.05, 0.1) is 11.0 Å². The zero-order chi connectivity index (χ0) is 37.5. The van der Waals surface area contributed by atoms with E-state index < -0.39 is 0 Å². The van der Waals surface area contributed by atoms with Crippen LogP contribution in [0.2, 0.25) is 0 Å². The fourth-order valence-electron chi connectivity index (χ4n) is 9.56. The molecule has 0 aliphatic heterocycles. The van der Waals surface area contributed by atoms with E-state index in [4.69, 9.17) is 4.42 Å². The summed E-state index contributed by atoms with van der Waals surface area (Å²) in [7, 11) is 0. The molecule has 9 aromatic carbocycles. The van der Waals surface area contributed by atoms with E-state index in [-0.39, 0.29) is 5.92 Å². The molecule has 1 aliphatic carbocycles. The molecule has 0 fully saturated rings. The van der Waals surface area contributed by atoms with Crippen LogP contribution in [0.5, 0.6) is 0 Å². The van der Waals surface area contributed by atoms with Crippen LogP contribution >= 0.6 is 0 Å². The Morgan fingerprint density at radius 3 is 1.65 bits per heavy atom. The van der Waals surface area contributed by atoms with Gasteiger partial charge in [-0.3, -0.25) is 0 Å². The fourth-order valence-corrected chi connectivity index (χ4v) is 9.56. The summed E-state index contributed by atoms with van der Waals surface area (Å²) in [4.78, 5) is 0. The molecule has 11 aromatic rings. The average molecular weight is 726 g/mol. The van der Waals surface area contributed by atoms with Crippen molar-refractivity contribution in [3.63, 3.8) is 0 Å². The molecule has 0 saturated heterocycles. The Kier molecular flexibility index (Phi) is 7.02. The lowest BCUT2D eigenvalue weighted by Crippen LogP contribution is -1.98. The fraction of sp³-hybridized carbons (Fsp3) is 0.0182. The molecule has 57 heavy (non-hydrogen) atoms. The number of benzene rings is 9. The molecule has 0 bridgehead atoms. The Morgan fingerprint density at radius 2 is 0.877 bits per heavy atom. The van der Waals surface area contributed by atoms with Crippen LogP contribution in [0.3, 0.4) is 0 Å². The van der Waals surface area contributed by atoms with Crippen LogP contribution < -0.4 is 0 Å². The van der Waals surface area contributed by atoms with Crippen molar-refractivity contribution in [1.82, 2.24) is 4.57 Å². The van der Waals surface area contributed by atoms with Crippen LogP contribution in [0.15, 0.2) is 211 Å². The molecule has 2 aromatic heterocycles. The van der Waals surface area contributed by atoms with Gasteiger partial charge in [-0.25, -0.2) is 0 Å². The first-order valence-electron chi connectivity index (χ1n) is 19.7. The second-order valence-corrected chi connectivity index (χ2v) is 15.2. The molecule has 1 aliphatic rings. The van der Waals surface area contributed by atoms with Gasteiger partial charge in [0.2, 0.25) is 0 Å². The zero-order valence-electron chi connectivity index (χ0n) is 31.1. The lowest BCUT2D eigenvalue weighted by molar-refractivity contribution is 0.663. The van der Waals surface area contributed by atoms with Crippen molar-refractivity contribution in [2.45, 2.75) is 5.92 Å². The van der Waals surface area contributed by atoms with E-state index >= 15 is 0 Å². The lowest BCUT2D eigenvalue weighted by Gasteiger charge is -2.14. The van der Waals surface area contributed by atoms with Crippen LogP contribution in [0.4, 0.5) is 0 Å². The van der Waals surface area contributed by atoms with E-state index in [2.05, 4.69) is 211 Å². The van der Waals surface area contributed by atoms with Crippen LogP contribution in [-0.2, 0) is 0 Å². The molecule has 266 valence electrons. The third-order valence-corrected chi connectivity index (χ3v) is 12.1. The summed E-state index contributed by atoms with van der Waals surface area (Å²) >= 11 is 0. The van der Waals surface area contributed by atoms with Gasteiger partial charge >= 0.3 is 0 Å². The maximum absolute atomic E-state index is 6.81. The molecular weight excluding hydrogens is 691 g/mol. The molecule has 0 spiro atoms. The van der Waals surface area contributed by atoms with Gasteiger partial charge in [-0.15, -0.1) is 0 Å². The molecular formula is C55H35NO. The van der Waals surface area contributed by atoms with E-state index in [1.54, 1.807) is 0 Å². The highest BCUT2D eigenvalue weighted by atomic mass is 16.3. The molecule has 12 rings (SSSR count). The molecule has 0 amide bonds. The number of hydrogen-bond acceptors (Lipinski definition) is 1. The van der Waals surface area contributed by atoms with Gasteiger partial charge in [-0.2, -0.15) is 0 Å². The first-order chi connectivity index (χ1) is 28.3. The van der Waals surface area contributed by atoms with Crippen molar-refractivity contribution in [2.75, 3.05) is 0 Å². The summed E-state index contributed by atoms with van der Waals surface area (Å²) in [5.74, 6) is 0.229. The summed E-state index contributed by atoms with van der Waals surface area (Å²) in [6.07, 6.45) is 0. The smallest absolute Gasteiger partial charge is 0.135 e. The predicted molar refractivity (Wildman–Crippen MR) is 239 cm³/mol. The van der Waals surface area contributed by atoms with Crippen molar-refractivity contribution in [3.8, 4) is 27.9 Å². The minimum absolute atomic E-state index is 0.229. The average Bonchev–Trinajstić information content (AvgIpc) is 3.79. The maximum Gasteiger partial charge on any atom is 0.135 e. The van der Waals surface area contributed by atoms with Gasteiger partial charge in [0.15, 0.2) is 0 Å². The predicted octanol–water partition coefficient (Wildman–Crippen LogP) is 14.9. The third-order valence-electron chi connectivity index (χ3n) is 12.1. The normalized spacial score (nSPS) is 13.4. The van der Waals surface area contributed by atoms with Crippen LogP contribution in [0, 0.1) is 0 Å². The van der Waals surface area contributed by atoms with Crippen LogP contribution in [0.25, 0.3) is 93.2 Å². The van der Waals surface area contributed by atoms with Crippen LogP contribution in [0.1, 0.15) is 22.6 Å². The molecule has 1 unspecified atom stereocenters. The van der Waals surface area contributed by atoms with E-state index in [0.717, 1.165) is 43.9 Å². The first-order valence-corrected chi connectivity index (χ1v) is 19.7. The Labute approximate surface area is 329 Å². The summed E-state index contributed by atoms with van der Waals surface area (Å²) in [5.41, 5.74) is 14.3.